The van der Waals surface area contributed by atoms with Gasteiger partial charge in [0, 0.05) is 11.1 Å². The van der Waals surface area contributed by atoms with Gasteiger partial charge in [-0.25, -0.2) is 0 Å². The maximum atomic E-state index is 11.1. The van der Waals surface area contributed by atoms with Gasteiger partial charge in [0.25, 0.3) is 0 Å². The fraction of sp³-hybridized carbons (Fsp3) is 0.429. The van der Waals surface area contributed by atoms with E-state index in [4.69, 9.17) is 4.52 Å². The predicted molar refractivity (Wildman–Crippen MR) is 108 cm³/mol. The van der Waals surface area contributed by atoms with Crippen LogP contribution in [0.15, 0.2) is 36.4 Å². The molecule has 2 rings (SSSR count). The lowest BCUT2D eigenvalue weighted by atomic mass is 9.79. The van der Waals surface area contributed by atoms with Crippen molar-refractivity contribution in [3.8, 4) is 11.5 Å². The second-order valence-corrected chi connectivity index (χ2v) is 10.5. The first kappa shape index (κ1) is 20.7. The maximum Gasteiger partial charge on any atom is 0.488 e. The average Bonchev–Trinajstić information content (AvgIpc) is 2.46. The Morgan fingerprint density at radius 2 is 1.31 bits per heavy atom. The van der Waals surface area contributed by atoms with E-state index in [2.05, 4.69) is 0 Å². The molecule has 0 heterocycles. The number of hydrogen-bond donors (Lipinski definition) is 3. The zero-order valence-corrected chi connectivity index (χ0v) is 17.6. The van der Waals surface area contributed by atoms with E-state index in [0.29, 0.717) is 5.30 Å². The van der Waals surface area contributed by atoms with Gasteiger partial charge in [-0.05, 0) is 29.9 Å². The third-order valence-electron chi connectivity index (χ3n) is 4.25. The van der Waals surface area contributed by atoms with Crippen LogP contribution in [0.3, 0.4) is 0 Å². The minimum absolute atomic E-state index is 0.0612. The maximum absolute atomic E-state index is 11.1. The molecule has 0 aliphatic rings. The van der Waals surface area contributed by atoms with Gasteiger partial charge in [0.05, 0.1) is 0 Å². The Labute approximate surface area is 157 Å². The molecule has 0 spiro atoms. The number of rotatable bonds is 3. The molecular weight excluding hydrogens is 347 g/mol. The van der Waals surface area contributed by atoms with E-state index >= 15 is 0 Å². The molecule has 4 nitrogen and oxygen atoms in total. The number of aryl methyl sites for hydroxylation is 1. The molecule has 0 bridgehead atoms. The molecule has 0 aliphatic heterocycles. The number of phenols is 1. The third-order valence-corrected chi connectivity index (χ3v) is 5.77. The van der Waals surface area contributed by atoms with Crippen molar-refractivity contribution in [2.24, 2.45) is 0 Å². The minimum atomic E-state index is -3.99. The summed E-state index contributed by atoms with van der Waals surface area (Å²) in [5.41, 5.74) is 2.14. The highest BCUT2D eigenvalue weighted by atomic mass is 31.2. The molecule has 2 aromatic carbocycles. The quantitative estimate of drug-likeness (QED) is 0.676. The number of benzene rings is 2. The lowest BCUT2D eigenvalue weighted by Gasteiger charge is -2.30. The van der Waals surface area contributed by atoms with E-state index in [1.165, 1.54) is 12.1 Å². The monoisotopic (exact) mass is 377 g/mol. The van der Waals surface area contributed by atoms with Crippen LogP contribution in [-0.4, -0.2) is 14.9 Å². The van der Waals surface area contributed by atoms with Gasteiger partial charge in [0.15, 0.2) is 11.1 Å². The average molecular weight is 377 g/mol. The molecule has 0 aliphatic carbocycles. The Morgan fingerprint density at radius 1 is 0.846 bits per heavy atom. The third kappa shape index (κ3) is 4.37. The first-order valence-electron chi connectivity index (χ1n) is 8.72. The summed E-state index contributed by atoms with van der Waals surface area (Å²) in [6.45, 7) is 14.2. The molecule has 5 heteroatoms. The molecule has 0 saturated carbocycles. The number of para-hydroxylation sites is 2. The number of aromatic hydroxyl groups is 1. The van der Waals surface area contributed by atoms with Crippen LogP contribution in [0.1, 0.15) is 58.2 Å². The van der Waals surface area contributed by atoms with E-state index in [-0.39, 0.29) is 22.3 Å². The van der Waals surface area contributed by atoms with Crippen LogP contribution in [0.2, 0.25) is 0 Å². The van der Waals surface area contributed by atoms with Crippen LogP contribution in [0.25, 0.3) is 0 Å². The van der Waals surface area contributed by atoms with Gasteiger partial charge >= 0.3 is 7.94 Å². The van der Waals surface area contributed by atoms with Crippen molar-refractivity contribution >= 4 is 13.2 Å². The van der Waals surface area contributed by atoms with Crippen molar-refractivity contribution in [3.05, 3.63) is 53.1 Å². The van der Waals surface area contributed by atoms with Gasteiger partial charge in [-0.1, -0.05) is 71.4 Å². The minimum Gasteiger partial charge on any atom is -0.504 e. The van der Waals surface area contributed by atoms with E-state index in [1.807, 2.05) is 60.6 Å². The molecule has 0 radical (unpaired) electrons. The zero-order chi connectivity index (χ0) is 19.9. The largest absolute Gasteiger partial charge is 0.504 e. The van der Waals surface area contributed by atoms with E-state index in [9.17, 15) is 14.9 Å². The number of phenolic OH excluding ortho intramolecular Hbond substituents is 1. The Bertz CT molecular complexity index is 763. The van der Waals surface area contributed by atoms with Crippen molar-refractivity contribution in [2.45, 2.75) is 59.3 Å². The Balaban J connectivity index is 2.74. The summed E-state index contributed by atoms with van der Waals surface area (Å²) < 4.78 is 5.60. The summed E-state index contributed by atoms with van der Waals surface area (Å²) >= 11 is 0. The summed E-state index contributed by atoms with van der Waals surface area (Å²) in [6, 6.07) is 10.3. The summed E-state index contributed by atoms with van der Waals surface area (Å²) in [6.07, 6.45) is 0. The molecule has 0 atom stereocenters. The van der Waals surface area contributed by atoms with Crippen LogP contribution in [0, 0.1) is 6.92 Å². The molecule has 0 fully saturated rings. The van der Waals surface area contributed by atoms with Gasteiger partial charge in [-0.2, -0.15) is 9.79 Å². The standard InChI is InChI=1S/C21H29O4P/c1-14-12-15(20(2,3)4)19(16(13-14)21(5,6)7)26(23,24)25-18-11-9-8-10-17(18)22/h8-13,23-24H,1-7H3/p+1. The highest BCUT2D eigenvalue weighted by Crippen LogP contribution is 2.55. The summed E-state index contributed by atoms with van der Waals surface area (Å²) in [5.74, 6) is -0.0622. The molecule has 3 N–H and O–H groups in total. The van der Waals surface area contributed by atoms with Crippen LogP contribution < -0.4 is 9.83 Å². The van der Waals surface area contributed by atoms with Crippen LogP contribution in [0.4, 0.5) is 0 Å². The zero-order valence-electron chi connectivity index (χ0n) is 16.7. The SMILES string of the molecule is Cc1cc(C(C)(C)C)c([P+](O)(O)Oc2ccccc2O)c(C(C)(C)C)c1. The normalized spacial score (nSPS) is 13.0. The number of hydrogen-bond acceptors (Lipinski definition) is 4. The lowest BCUT2D eigenvalue weighted by molar-refractivity contribution is 0.341. The summed E-state index contributed by atoms with van der Waals surface area (Å²) in [5, 5.41) is 10.4. The van der Waals surface area contributed by atoms with Crippen molar-refractivity contribution in [2.75, 3.05) is 0 Å². The highest BCUT2D eigenvalue weighted by Gasteiger charge is 2.49. The van der Waals surface area contributed by atoms with Crippen molar-refractivity contribution < 1.29 is 19.4 Å². The Morgan fingerprint density at radius 3 is 1.73 bits per heavy atom. The van der Waals surface area contributed by atoms with E-state index in [0.717, 1.165) is 16.7 Å². The van der Waals surface area contributed by atoms with Gasteiger partial charge in [0.1, 0.15) is 0 Å². The molecule has 142 valence electrons. The molecule has 0 amide bonds. The van der Waals surface area contributed by atoms with Crippen LogP contribution in [0.5, 0.6) is 11.5 Å². The molecule has 0 unspecified atom stereocenters. The van der Waals surface area contributed by atoms with Crippen molar-refractivity contribution in [1.29, 1.82) is 0 Å². The fourth-order valence-electron chi connectivity index (χ4n) is 2.95. The van der Waals surface area contributed by atoms with Gasteiger partial charge in [0.2, 0.25) is 5.75 Å². The molecule has 0 saturated heterocycles. The Hall–Kier alpha value is -1.61. The van der Waals surface area contributed by atoms with Gasteiger partial charge < -0.3 is 5.11 Å². The van der Waals surface area contributed by atoms with Crippen molar-refractivity contribution in [3.63, 3.8) is 0 Å². The smallest absolute Gasteiger partial charge is 0.488 e. The second-order valence-electron chi connectivity index (χ2n) is 8.81. The fourth-order valence-corrected chi connectivity index (χ4v) is 4.90. The van der Waals surface area contributed by atoms with E-state index < -0.39 is 7.94 Å². The van der Waals surface area contributed by atoms with E-state index in [1.54, 1.807) is 12.1 Å². The molecular formula is C21H30O4P+. The first-order valence-corrected chi connectivity index (χ1v) is 10.3. The van der Waals surface area contributed by atoms with Gasteiger partial charge in [-0.15, -0.1) is 0 Å². The predicted octanol–water partition coefficient (Wildman–Crippen LogP) is 4.75. The Kier molecular flexibility index (Phi) is 5.45. The molecule has 26 heavy (non-hydrogen) atoms. The van der Waals surface area contributed by atoms with Crippen molar-refractivity contribution in [1.82, 2.24) is 0 Å². The molecule has 0 aromatic heterocycles. The van der Waals surface area contributed by atoms with Crippen LogP contribution >= 0.6 is 7.94 Å². The summed E-state index contributed by atoms with van der Waals surface area (Å²) in [4.78, 5) is 22.2. The first-order chi connectivity index (χ1) is 11.7. The highest BCUT2D eigenvalue weighted by molar-refractivity contribution is 7.68. The second kappa shape index (κ2) is 6.84. The van der Waals surface area contributed by atoms with Crippen LogP contribution in [-0.2, 0) is 10.8 Å². The lowest BCUT2D eigenvalue weighted by Crippen LogP contribution is -2.34. The summed E-state index contributed by atoms with van der Waals surface area (Å²) in [7, 11) is -3.99. The van der Waals surface area contributed by atoms with Gasteiger partial charge in [-0.3, -0.25) is 4.52 Å². The molecule has 2 aromatic rings. The topological polar surface area (TPSA) is 69.9 Å².